The predicted molar refractivity (Wildman–Crippen MR) is 99.7 cm³/mol. The first-order valence-corrected chi connectivity index (χ1v) is 8.37. The summed E-state index contributed by atoms with van der Waals surface area (Å²) >= 11 is 0. The van der Waals surface area contributed by atoms with Crippen molar-refractivity contribution in [3.8, 4) is 11.4 Å². The van der Waals surface area contributed by atoms with Crippen LogP contribution in [0.15, 0.2) is 36.5 Å². The lowest BCUT2D eigenvalue weighted by atomic mass is 9.96. The number of benzene rings is 1. The molecule has 0 aliphatic carbocycles. The van der Waals surface area contributed by atoms with Crippen LogP contribution in [0.25, 0.3) is 5.69 Å². The Balaban J connectivity index is 0.00000225. The van der Waals surface area contributed by atoms with Gasteiger partial charge in [0.15, 0.2) is 5.69 Å². The fraction of sp³-hybridized carbons (Fsp3) is 0.444. The van der Waals surface area contributed by atoms with Gasteiger partial charge in [0.05, 0.1) is 12.8 Å². The molecule has 1 amide bonds. The summed E-state index contributed by atoms with van der Waals surface area (Å²) in [6.45, 7) is 2.71. The second-order valence-electron chi connectivity index (χ2n) is 6.26. The lowest BCUT2D eigenvalue weighted by molar-refractivity contribution is 0.0577. The van der Waals surface area contributed by atoms with E-state index in [-0.39, 0.29) is 30.4 Å². The molecule has 0 saturated carbocycles. The van der Waals surface area contributed by atoms with Crippen LogP contribution in [0, 0.1) is 0 Å². The molecule has 1 fully saturated rings. The van der Waals surface area contributed by atoms with E-state index in [2.05, 4.69) is 5.10 Å². The third-order valence-corrected chi connectivity index (χ3v) is 4.56. The number of amides is 1. The van der Waals surface area contributed by atoms with Crippen LogP contribution in [0.3, 0.4) is 0 Å². The van der Waals surface area contributed by atoms with Crippen molar-refractivity contribution in [2.75, 3.05) is 13.7 Å². The van der Waals surface area contributed by atoms with Crippen molar-refractivity contribution in [2.45, 2.75) is 38.3 Å². The number of rotatable bonds is 4. The molecule has 1 aromatic heterocycles. The number of hydrogen-bond donors (Lipinski definition) is 1. The van der Waals surface area contributed by atoms with Crippen LogP contribution >= 0.6 is 12.4 Å². The van der Waals surface area contributed by atoms with Crippen LogP contribution in [0.4, 0.5) is 0 Å². The number of methoxy groups -OCH3 is 1. The molecular weight excluding hydrogens is 340 g/mol. The SMILES string of the molecule is COc1ccc(-n2ccc(C(=O)N3CCCCC3C(C)N)n2)cc1.Cl. The van der Waals surface area contributed by atoms with E-state index in [1.807, 2.05) is 36.1 Å². The number of carbonyl (C=O) groups excluding carboxylic acids is 1. The lowest BCUT2D eigenvalue weighted by Crippen LogP contribution is -2.51. The molecule has 136 valence electrons. The van der Waals surface area contributed by atoms with Crippen molar-refractivity contribution in [3.63, 3.8) is 0 Å². The zero-order valence-corrected chi connectivity index (χ0v) is 15.4. The number of likely N-dealkylation sites (tertiary alicyclic amines) is 1. The highest BCUT2D eigenvalue weighted by atomic mass is 35.5. The van der Waals surface area contributed by atoms with Gasteiger partial charge in [-0.2, -0.15) is 5.10 Å². The Kier molecular flexibility index (Phi) is 6.45. The van der Waals surface area contributed by atoms with Gasteiger partial charge in [-0.25, -0.2) is 4.68 Å². The first kappa shape index (κ1) is 19.3. The second kappa shape index (κ2) is 8.36. The highest BCUT2D eigenvalue weighted by Gasteiger charge is 2.30. The molecule has 0 spiro atoms. The Morgan fingerprint density at radius 2 is 2.00 bits per heavy atom. The fourth-order valence-corrected chi connectivity index (χ4v) is 3.22. The van der Waals surface area contributed by atoms with Crippen LogP contribution in [-0.2, 0) is 0 Å². The van der Waals surface area contributed by atoms with Gasteiger partial charge in [-0.3, -0.25) is 4.79 Å². The van der Waals surface area contributed by atoms with Gasteiger partial charge in [0.25, 0.3) is 5.91 Å². The lowest BCUT2D eigenvalue weighted by Gasteiger charge is -2.37. The fourth-order valence-electron chi connectivity index (χ4n) is 3.22. The molecular formula is C18H25ClN4O2. The molecule has 0 bridgehead atoms. The maximum Gasteiger partial charge on any atom is 0.274 e. The zero-order valence-electron chi connectivity index (χ0n) is 14.6. The van der Waals surface area contributed by atoms with Crippen LogP contribution in [0.5, 0.6) is 5.75 Å². The highest BCUT2D eigenvalue weighted by molar-refractivity contribution is 5.92. The van der Waals surface area contributed by atoms with Gasteiger partial charge in [0.1, 0.15) is 5.75 Å². The van der Waals surface area contributed by atoms with Crippen molar-refractivity contribution in [1.29, 1.82) is 0 Å². The quantitative estimate of drug-likeness (QED) is 0.905. The number of carbonyl (C=O) groups is 1. The summed E-state index contributed by atoms with van der Waals surface area (Å²) in [5, 5.41) is 4.45. The molecule has 1 aromatic carbocycles. The van der Waals surface area contributed by atoms with Crippen molar-refractivity contribution in [1.82, 2.24) is 14.7 Å². The normalized spacial score (nSPS) is 18.4. The van der Waals surface area contributed by atoms with Crippen LogP contribution < -0.4 is 10.5 Å². The summed E-state index contributed by atoms with van der Waals surface area (Å²) in [7, 11) is 1.63. The van der Waals surface area contributed by atoms with E-state index in [4.69, 9.17) is 10.5 Å². The van der Waals surface area contributed by atoms with Crippen LogP contribution in [0.1, 0.15) is 36.7 Å². The smallest absolute Gasteiger partial charge is 0.274 e. The average molecular weight is 365 g/mol. The maximum atomic E-state index is 12.8. The number of piperidine rings is 1. The Labute approximate surface area is 154 Å². The minimum atomic E-state index is -0.0377. The van der Waals surface area contributed by atoms with Crippen molar-refractivity contribution in [2.24, 2.45) is 5.73 Å². The van der Waals surface area contributed by atoms with E-state index >= 15 is 0 Å². The summed E-state index contributed by atoms with van der Waals surface area (Å²) < 4.78 is 6.87. The first-order valence-electron chi connectivity index (χ1n) is 8.37. The van der Waals surface area contributed by atoms with Crippen molar-refractivity contribution in [3.05, 3.63) is 42.2 Å². The molecule has 2 heterocycles. The second-order valence-corrected chi connectivity index (χ2v) is 6.26. The monoisotopic (exact) mass is 364 g/mol. The Bertz CT molecular complexity index is 699. The van der Waals surface area contributed by atoms with Crippen molar-refractivity contribution < 1.29 is 9.53 Å². The molecule has 1 saturated heterocycles. The number of aromatic nitrogens is 2. The van der Waals surface area contributed by atoms with E-state index in [9.17, 15) is 4.79 Å². The van der Waals surface area contributed by atoms with E-state index in [0.29, 0.717) is 5.69 Å². The number of halogens is 1. The molecule has 2 atom stereocenters. The molecule has 1 aliphatic rings. The van der Waals surface area contributed by atoms with Gasteiger partial charge in [-0.05, 0) is 56.5 Å². The van der Waals surface area contributed by atoms with Gasteiger partial charge < -0.3 is 15.4 Å². The van der Waals surface area contributed by atoms with E-state index in [1.54, 1.807) is 24.1 Å². The molecule has 2 aromatic rings. The number of nitrogens with two attached hydrogens (primary N) is 1. The van der Waals surface area contributed by atoms with Gasteiger partial charge in [-0.15, -0.1) is 12.4 Å². The van der Waals surface area contributed by atoms with E-state index < -0.39 is 0 Å². The average Bonchev–Trinajstić information content (AvgIpc) is 3.11. The Morgan fingerprint density at radius 1 is 1.28 bits per heavy atom. The molecule has 0 radical (unpaired) electrons. The predicted octanol–water partition coefficient (Wildman–Crippen LogP) is 2.64. The van der Waals surface area contributed by atoms with Crippen LogP contribution in [0.2, 0.25) is 0 Å². The largest absolute Gasteiger partial charge is 0.497 e. The zero-order chi connectivity index (χ0) is 17.1. The van der Waals surface area contributed by atoms with Gasteiger partial charge in [0.2, 0.25) is 0 Å². The minimum absolute atomic E-state index is 0. The molecule has 7 heteroatoms. The molecule has 2 N–H and O–H groups in total. The van der Waals surface area contributed by atoms with Gasteiger partial charge in [0, 0.05) is 24.8 Å². The molecule has 2 unspecified atom stereocenters. The topological polar surface area (TPSA) is 73.4 Å². The minimum Gasteiger partial charge on any atom is -0.497 e. The highest BCUT2D eigenvalue weighted by Crippen LogP contribution is 2.21. The first-order chi connectivity index (χ1) is 11.6. The van der Waals surface area contributed by atoms with E-state index in [0.717, 1.165) is 37.2 Å². The third kappa shape index (κ3) is 4.14. The Morgan fingerprint density at radius 3 is 2.64 bits per heavy atom. The van der Waals surface area contributed by atoms with Gasteiger partial charge in [-0.1, -0.05) is 0 Å². The van der Waals surface area contributed by atoms with Crippen molar-refractivity contribution >= 4 is 18.3 Å². The van der Waals surface area contributed by atoms with Gasteiger partial charge >= 0.3 is 0 Å². The summed E-state index contributed by atoms with van der Waals surface area (Å²) in [5.41, 5.74) is 7.41. The van der Waals surface area contributed by atoms with Crippen LogP contribution in [-0.4, -0.2) is 46.3 Å². The maximum absolute atomic E-state index is 12.8. The summed E-state index contributed by atoms with van der Waals surface area (Å²) in [6.07, 6.45) is 4.91. The summed E-state index contributed by atoms with van der Waals surface area (Å²) in [5.74, 6) is 0.750. The number of ether oxygens (including phenoxy) is 1. The molecule has 6 nitrogen and oxygen atoms in total. The number of hydrogen-bond acceptors (Lipinski definition) is 4. The summed E-state index contributed by atoms with van der Waals surface area (Å²) in [4.78, 5) is 14.7. The third-order valence-electron chi connectivity index (χ3n) is 4.56. The summed E-state index contributed by atoms with van der Waals surface area (Å²) in [6, 6.07) is 9.39. The molecule has 25 heavy (non-hydrogen) atoms. The number of nitrogens with zero attached hydrogens (tertiary/aromatic N) is 3. The molecule has 1 aliphatic heterocycles. The molecule has 3 rings (SSSR count). The van der Waals surface area contributed by atoms with E-state index in [1.165, 1.54) is 0 Å². The standard InChI is InChI=1S/C18H24N4O2.ClH/c1-13(19)17-5-3-4-11-21(17)18(23)16-10-12-22(20-16)14-6-8-15(24-2)9-7-14;/h6-10,12-13,17H,3-5,11,19H2,1-2H3;1H. The Hall–Kier alpha value is -2.05.